The smallest absolute Gasteiger partial charge is 0.315 e. The van der Waals surface area contributed by atoms with Gasteiger partial charge in [-0.15, -0.1) is 0 Å². The quantitative estimate of drug-likeness (QED) is 0.111. The molecular formula is C48H78N2O16. The second-order valence-corrected chi connectivity index (χ2v) is 23.0. The molecule has 0 aromatic rings. The summed E-state index contributed by atoms with van der Waals surface area (Å²) in [6.45, 7) is 14.0. The number of esters is 1. The van der Waals surface area contributed by atoms with Crippen molar-refractivity contribution in [2.45, 2.75) is 205 Å². The third-order valence-electron chi connectivity index (χ3n) is 19.0. The second kappa shape index (κ2) is 18.4. The first kappa shape index (κ1) is 50.5. The fourth-order valence-electron chi connectivity index (χ4n) is 14.7. The van der Waals surface area contributed by atoms with Crippen LogP contribution in [0.3, 0.4) is 0 Å². The third-order valence-corrected chi connectivity index (χ3v) is 19.0. The highest BCUT2D eigenvalue weighted by Gasteiger charge is 2.69. The normalized spacial score (nSPS) is 52.4. The van der Waals surface area contributed by atoms with Crippen LogP contribution in [0.1, 0.15) is 113 Å². The highest BCUT2D eigenvalue weighted by Crippen LogP contribution is 2.75. The zero-order valence-electron chi connectivity index (χ0n) is 39.7. The average molecular weight is 939 g/mol. The minimum absolute atomic E-state index is 0.0472. The summed E-state index contributed by atoms with van der Waals surface area (Å²) < 4.78 is 36.1. The van der Waals surface area contributed by atoms with Crippen molar-refractivity contribution in [3.05, 3.63) is 11.6 Å². The molecule has 8 aliphatic rings. The largest absolute Gasteiger partial charge is 0.432 e. The van der Waals surface area contributed by atoms with Crippen molar-refractivity contribution in [1.82, 2.24) is 5.32 Å². The minimum atomic E-state index is -1.87. The number of carbonyl (C=O) groups excluding carboxylic acids is 2. The second-order valence-electron chi connectivity index (χ2n) is 23.0. The molecule has 23 atom stereocenters. The SMILES string of the molecule is CC1O[C@@H](OC2C(O)[C@@H](NC(=O)CN)C(CO)O[C@H]2OC(=O)[C@]23CCC(C)(C)CC2C2=CCC4C5(C)CC[C@H](O)C(C)[C@@H]5CC[C@]4(C)[C@]2(C)CC3)C(O)C(O)[C@H]1O[C@@H]1OC[C@@H](O)C(O)C1O. The summed E-state index contributed by atoms with van der Waals surface area (Å²) in [7, 11) is 0. The topological polar surface area (TPSA) is 289 Å². The van der Waals surface area contributed by atoms with Crippen LogP contribution in [-0.4, -0.2) is 165 Å². The molecule has 376 valence electrons. The molecule has 5 aliphatic carbocycles. The van der Waals surface area contributed by atoms with Crippen molar-refractivity contribution < 1.29 is 78.9 Å². The fourth-order valence-corrected chi connectivity index (χ4v) is 14.7. The molecule has 1 amide bonds. The Bertz CT molecular complexity index is 1820. The Morgan fingerprint density at radius 3 is 2.17 bits per heavy atom. The Morgan fingerprint density at radius 2 is 1.47 bits per heavy atom. The molecule has 3 heterocycles. The maximum absolute atomic E-state index is 15.4. The highest BCUT2D eigenvalue weighted by molar-refractivity contribution is 5.79. The van der Waals surface area contributed by atoms with Crippen molar-refractivity contribution in [3.63, 3.8) is 0 Å². The van der Waals surface area contributed by atoms with Crippen LogP contribution < -0.4 is 11.1 Å². The summed E-state index contributed by atoms with van der Waals surface area (Å²) in [6.07, 6.45) is -9.99. The van der Waals surface area contributed by atoms with Gasteiger partial charge in [-0.1, -0.05) is 53.2 Å². The van der Waals surface area contributed by atoms with E-state index in [1.807, 2.05) is 0 Å². The van der Waals surface area contributed by atoms with Crippen LogP contribution in [-0.2, 0) is 38.0 Å². The van der Waals surface area contributed by atoms with Crippen LogP contribution in [0.4, 0.5) is 0 Å². The van der Waals surface area contributed by atoms with E-state index >= 15 is 4.79 Å². The van der Waals surface area contributed by atoms with Crippen LogP contribution >= 0.6 is 0 Å². The van der Waals surface area contributed by atoms with Gasteiger partial charge in [0.05, 0.1) is 43.4 Å². The lowest BCUT2D eigenvalue weighted by Gasteiger charge is -2.70. The van der Waals surface area contributed by atoms with Gasteiger partial charge >= 0.3 is 5.97 Å². The standard InChI is InChI=1S/C48H78N2O16/c1-22-24-10-13-47(7)30(45(24,5)12-11-27(22)52)9-8-25-26-18-44(3,4)14-16-48(26,17-15-46(25,47)6)43(60)66-42-39(34(56)32(29(20-51)63-42)50-31(54)19-49)65-41-37(59)35(57)38(23(2)62-41)64-40-36(58)33(55)28(53)21-61-40/h8,22-24,26-30,32-42,51-53,55-59H,9-21,49H2,1-7H3,(H,50,54)/t22?,23?,24-,26?,27-,28+,29?,30?,32-,33?,34?,35?,36?,37?,38-,39?,40-,41-,42-,45?,46+,47-,48-/m0/s1. The lowest BCUT2D eigenvalue weighted by Crippen LogP contribution is -2.68. The lowest BCUT2D eigenvalue weighted by atomic mass is 9.34. The highest BCUT2D eigenvalue weighted by atomic mass is 16.8. The molecule has 0 aromatic carbocycles. The Kier molecular flexibility index (Phi) is 14.1. The van der Waals surface area contributed by atoms with Crippen molar-refractivity contribution in [2.75, 3.05) is 19.8 Å². The van der Waals surface area contributed by atoms with E-state index in [-0.39, 0.29) is 46.2 Å². The van der Waals surface area contributed by atoms with Gasteiger partial charge in [-0.3, -0.25) is 9.59 Å². The molecule has 4 saturated carbocycles. The van der Waals surface area contributed by atoms with E-state index in [1.54, 1.807) is 0 Å². The number of aliphatic hydroxyl groups is 8. The Labute approximate surface area is 387 Å². The van der Waals surface area contributed by atoms with Gasteiger partial charge in [0.1, 0.15) is 48.8 Å². The first-order valence-electron chi connectivity index (χ1n) is 24.5. The predicted octanol–water partition coefficient (Wildman–Crippen LogP) is 0.500. The summed E-state index contributed by atoms with van der Waals surface area (Å²) in [4.78, 5) is 28.0. The van der Waals surface area contributed by atoms with Gasteiger partial charge in [0.2, 0.25) is 12.2 Å². The molecule has 0 bridgehead atoms. The summed E-state index contributed by atoms with van der Waals surface area (Å²) in [5.74, 6) is -0.300. The van der Waals surface area contributed by atoms with Crippen LogP contribution in [0.15, 0.2) is 11.6 Å². The number of ether oxygens (including phenoxy) is 6. The van der Waals surface area contributed by atoms with Crippen LogP contribution in [0.5, 0.6) is 0 Å². The summed E-state index contributed by atoms with van der Waals surface area (Å²) in [6, 6.07) is -1.32. The van der Waals surface area contributed by atoms with E-state index in [2.05, 4.69) is 52.9 Å². The Morgan fingerprint density at radius 1 is 0.788 bits per heavy atom. The zero-order valence-corrected chi connectivity index (χ0v) is 39.7. The summed E-state index contributed by atoms with van der Waals surface area (Å²) in [5, 5.41) is 89.5. The molecule has 8 rings (SSSR count). The van der Waals surface area contributed by atoms with Gasteiger partial charge in [0, 0.05) is 0 Å². The number of rotatable bonds is 9. The van der Waals surface area contributed by atoms with Crippen molar-refractivity contribution >= 4 is 11.9 Å². The van der Waals surface area contributed by atoms with E-state index < -0.39 is 116 Å². The number of nitrogens with one attached hydrogen (secondary N) is 1. The number of fused-ring (bicyclic) bond motifs is 7. The van der Waals surface area contributed by atoms with Crippen LogP contribution in [0.25, 0.3) is 0 Å². The number of amides is 1. The first-order chi connectivity index (χ1) is 31.0. The number of hydrogen-bond acceptors (Lipinski definition) is 17. The number of allylic oxidation sites excluding steroid dienone is 2. The number of aliphatic hydroxyl groups excluding tert-OH is 8. The van der Waals surface area contributed by atoms with E-state index in [1.165, 1.54) is 12.5 Å². The first-order valence-corrected chi connectivity index (χ1v) is 24.5. The molecule has 0 aromatic heterocycles. The maximum atomic E-state index is 15.4. The molecule has 3 aliphatic heterocycles. The lowest BCUT2D eigenvalue weighted by molar-refractivity contribution is -0.369. The summed E-state index contributed by atoms with van der Waals surface area (Å²) >= 11 is 0. The molecule has 0 spiro atoms. The van der Waals surface area contributed by atoms with Gasteiger partial charge in [0.25, 0.3) is 0 Å². The maximum Gasteiger partial charge on any atom is 0.315 e. The predicted molar refractivity (Wildman–Crippen MR) is 233 cm³/mol. The van der Waals surface area contributed by atoms with Crippen LogP contribution in [0, 0.1) is 50.7 Å². The van der Waals surface area contributed by atoms with Gasteiger partial charge in [0.15, 0.2) is 18.7 Å². The molecular weight excluding hydrogens is 861 g/mol. The molecule has 18 nitrogen and oxygen atoms in total. The van der Waals surface area contributed by atoms with Gasteiger partial charge < -0.3 is 80.3 Å². The minimum Gasteiger partial charge on any atom is -0.432 e. The van der Waals surface area contributed by atoms with Crippen molar-refractivity contribution in [1.29, 1.82) is 0 Å². The average Bonchev–Trinajstić information content (AvgIpc) is 3.27. The number of carbonyl (C=O) groups is 2. The number of nitrogens with two attached hydrogens (primary N) is 1. The molecule has 3 saturated heterocycles. The molecule has 66 heavy (non-hydrogen) atoms. The van der Waals surface area contributed by atoms with E-state index in [0.717, 1.165) is 51.4 Å². The molecule has 0 radical (unpaired) electrons. The third kappa shape index (κ3) is 8.21. The molecule has 11 N–H and O–H groups in total. The van der Waals surface area contributed by atoms with Gasteiger partial charge in [-0.2, -0.15) is 0 Å². The Balaban J connectivity index is 1.07. The molecule has 12 unspecified atom stereocenters. The van der Waals surface area contributed by atoms with E-state index in [4.69, 9.17) is 34.2 Å². The van der Waals surface area contributed by atoms with Crippen molar-refractivity contribution in [3.8, 4) is 0 Å². The molecule has 7 fully saturated rings. The van der Waals surface area contributed by atoms with Gasteiger partial charge in [-0.25, -0.2) is 0 Å². The van der Waals surface area contributed by atoms with E-state index in [9.17, 15) is 45.6 Å². The Hall–Kier alpha value is -1.88. The summed E-state index contributed by atoms with van der Waals surface area (Å²) in [5.41, 5.74) is 5.67. The number of hydrogen-bond donors (Lipinski definition) is 10. The van der Waals surface area contributed by atoms with Crippen LogP contribution in [0.2, 0.25) is 0 Å². The van der Waals surface area contributed by atoms with Crippen molar-refractivity contribution in [2.24, 2.45) is 56.5 Å². The fraction of sp³-hybridized carbons (Fsp3) is 0.917. The van der Waals surface area contributed by atoms with Gasteiger partial charge in [-0.05, 0) is 116 Å². The monoisotopic (exact) mass is 939 g/mol. The van der Waals surface area contributed by atoms with E-state index in [0.29, 0.717) is 24.7 Å². The molecule has 18 heteroatoms. The zero-order chi connectivity index (χ0) is 48.1.